The number of H-pyrrole nitrogens is 1. The second-order valence-corrected chi connectivity index (χ2v) is 11.1. The highest BCUT2D eigenvalue weighted by molar-refractivity contribution is 6.02. The summed E-state index contributed by atoms with van der Waals surface area (Å²) in [5, 5.41) is 18.3. The van der Waals surface area contributed by atoms with Gasteiger partial charge in [-0.25, -0.2) is 0 Å². The van der Waals surface area contributed by atoms with Gasteiger partial charge in [-0.2, -0.15) is 0 Å². The van der Waals surface area contributed by atoms with Crippen LogP contribution in [0.25, 0.3) is 10.9 Å². The van der Waals surface area contributed by atoms with Crippen LogP contribution in [-0.4, -0.2) is 75.8 Å². The zero-order chi connectivity index (χ0) is 33.2. The molecule has 0 radical (unpaired) electrons. The van der Waals surface area contributed by atoms with Gasteiger partial charge < -0.3 is 36.7 Å². The van der Waals surface area contributed by atoms with Crippen molar-refractivity contribution in [1.29, 1.82) is 0 Å². The molecule has 0 saturated carbocycles. The van der Waals surface area contributed by atoms with Crippen LogP contribution >= 0.6 is 0 Å². The van der Waals surface area contributed by atoms with Crippen molar-refractivity contribution in [3.05, 3.63) is 108 Å². The van der Waals surface area contributed by atoms with Crippen LogP contribution in [-0.2, 0) is 32.1 Å². The summed E-state index contributed by atoms with van der Waals surface area (Å²) in [7, 11) is 1.63. The third kappa shape index (κ3) is 9.02. The average Bonchev–Trinajstić information content (AvgIpc) is 3.48. The SMILES string of the molecule is C[C@@H](O)[C@H](NC(=O)C[C@H](NC(=O)c1cc2ccccc2[nH]1)C(=O)N[C@@H](Cc1ccccc1)C(=O)N(C)Cc1ccccc1)C(N)=O. The molecule has 7 N–H and O–H groups in total. The first kappa shape index (κ1) is 33.4. The van der Waals surface area contributed by atoms with Gasteiger partial charge in [0.15, 0.2) is 0 Å². The van der Waals surface area contributed by atoms with Gasteiger partial charge in [-0.3, -0.25) is 24.0 Å². The fraction of sp³-hybridized carbons (Fsp3) is 0.265. The van der Waals surface area contributed by atoms with Crippen LogP contribution in [0.2, 0.25) is 0 Å². The molecule has 5 amide bonds. The van der Waals surface area contributed by atoms with Crippen molar-refractivity contribution in [3.63, 3.8) is 0 Å². The molecule has 12 heteroatoms. The molecular weight excluding hydrogens is 588 g/mol. The quantitative estimate of drug-likeness (QED) is 0.123. The van der Waals surface area contributed by atoms with Gasteiger partial charge in [0.2, 0.25) is 23.6 Å². The number of nitrogens with zero attached hydrogens (tertiary/aromatic N) is 1. The monoisotopic (exact) mass is 626 g/mol. The molecule has 0 fully saturated rings. The molecule has 240 valence electrons. The number of carbonyl (C=O) groups is 5. The number of aliphatic hydroxyl groups is 1. The number of nitrogens with two attached hydrogens (primary N) is 1. The predicted octanol–water partition coefficient (Wildman–Crippen LogP) is 1.39. The molecule has 12 nitrogen and oxygen atoms in total. The van der Waals surface area contributed by atoms with Gasteiger partial charge in [-0.05, 0) is 30.2 Å². The highest BCUT2D eigenvalue weighted by Crippen LogP contribution is 2.15. The van der Waals surface area contributed by atoms with Crippen LogP contribution in [0.3, 0.4) is 0 Å². The van der Waals surface area contributed by atoms with Crippen LogP contribution in [0, 0.1) is 0 Å². The highest BCUT2D eigenvalue weighted by Gasteiger charge is 2.32. The highest BCUT2D eigenvalue weighted by atomic mass is 16.3. The Kier molecular flexibility index (Phi) is 11.2. The second-order valence-electron chi connectivity index (χ2n) is 11.1. The summed E-state index contributed by atoms with van der Waals surface area (Å²) in [5.74, 6) is -3.64. The molecular formula is C34H38N6O6. The zero-order valence-corrected chi connectivity index (χ0v) is 25.6. The minimum atomic E-state index is -1.47. The summed E-state index contributed by atoms with van der Waals surface area (Å²) in [6.45, 7) is 1.57. The number of nitrogens with one attached hydrogen (secondary N) is 4. The number of fused-ring (bicyclic) bond motifs is 1. The first-order chi connectivity index (χ1) is 22.0. The fourth-order valence-corrected chi connectivity index (χ4v) is 5.01. The van der Waals surface area contributed by atoms with Gasteiger partial charge >= 0.3 is 0 Å². The summed E-state index contributed by atoms with van der Waals surface area (Å²) in [5.41, 5.74) is 7.84. The van der Waals surface area contributed by atoms with Gasteiger partial charge in [-0.1, -0.05) is 78.9 Å². The molecule has 0 aliphatic heterocycles. The number of hydrogen-bond donors (Lipinski definition) is 6. The lowest BCUT2D eigenvalue weighted by Gasteiger charge is -2.27. The first-order valence-electron chi connectivity index (χ1n) is 14.8. The lowest BCUT2D eigenvalue weighted by Crippen LogP contribution is -2.57. The Bertz CT molecular complexity index is 1640. The van der Waals surface area contributed by atoms with Gasteiger partial charge in [0.25, 0.3) is 5.91 Å². The summed E-state index contributed by atoms with van der Waals surface area (Å²) < 4.78 is 0. The van der Waals surface area contributed by atoms with Crippen LogP contribution in [0.1, 0.15) is 35.0 Å². The minimum absolute atomic E-state index is 0.144. The Balaban J connectivity index is 1.58. The number of amides is 5. The van der Waals surface area contributed by atoms with Crippen LogP contribution in [0.4, 0.5) is 0 Å². The van der Waals surface area contributed by atoms with E-state index in [1.54, 1.807) is 25.2 Å². The van der Waals surface area contributed by atoms with Crippen LogP contribution in [0.15, 0.2) is 91.0 Å². The standard InChI is InChI=1S/C34H38N6O6/c1-21(41)30(31(35)43)39-29(42)19-27(37-32(44)26-18-24-15-9-10-16-25(24)36-26)33(45)38-28(17-22-11-5-3-6-12-22)34(46)40(2)20-23-13-7-4-8-14-23/h3-16,18,21,27-28,30,36,41H,17,19-20H2,1-2H3,(H2,35,43)(H,37,44)(H,38,45)(H,39,42)/t21-,27+,28+,30+/m1/s1. The Hall–Kier alpha value is -5.49. The normalized spacial score (nSPS) is 13.5. The number of rotatable bonds is 14. The van der Waals surface area contributed by atoms with Crippen molar-refractivity contribution in [1.82, 2.24) is 25.8 Å². The van der Waals surface area contributed by atoms with E-state index in [1.165, 1.54) is 11.8 Å². The number of hydrogen-bond acceptors (Lipinski definition) is 6. The number of likely N-dealkylation sites (N-methyl/N-ethyl adjacent to an activating group) is 1. The van der Waals surface area contributed by atoms with Crippen molar-refractivity contribution < 1.29 is 29.1 Å². The van der Waals surface area contributed by atoms with Crippen molar-refractivity contribution >= 4 is 40.4 Å². The third-order valence-electron chi connectivity index (χ3n) is 7.43. The lowest BCUT2D eigenvalue weighted by atomic mass is 10.0. The van der Waals surface area contributed by atoms with Crippen molar-refractivity contribution in [3.8, 4) is 0 Å². The third-order valence-corrected chi connectivity index (χ3v) is 7.43. The second kappa shape index (κ2) is 15.5. The van der Waals surface area contributed by atoms with E-state index in [1.807, 2.05) is 72.8 Å². The van der Waals surface area contributed by atoms with E-state index in [0.29, 0.717) is 5.52 Å². The molecule has 1 aromatic heterocycles. The molecule has 0 aliphatic carbocycles. The van der Waals surface area contributed by atoms with Gasteiger partial charge in [0.05, 0.1) is 12.5 Å². The maximum atomic E-state index is 13.8. The van der Waals surface area contributed by atoms with Gasteiger partial charge in [0.1, 0.15) is 23.8 Å². The number of carbonyl (C=O) groups excluding carboxylic acids is 5. The number of primary amides is 1. The Labute approximate surface area is 266 Å². The van der Waals surface area contributed by atoms with E-state index >= 15 is 0 Å². The molecule has 46 heavy (non-hydrogen) atoms. The summed E-state index contributed by atoms with van der Waals surface area (Å²) >= 11 is 0. The fourth-order valence-electron chi connectivity index (χ4n) is 5.01. The van der Waals surface area contributed by atoms with E-state index in [0.717, 1.165) is 16.5 Å². The molecule has 0 aliphatic rings. The Morgan fingerprint density at radius 1 is 0.826 bits per heavy atom. The summed E-state index contributed by atoms with van der Waals surface area (Å²) in [4.78, 5) is 70.2. The topological polar surface area (TPSA) is 187 Å². The van der Waals surface area contributed by atoms with Crippen LogP contribution < -0.4 is 21.7 Å². The van der Waals surface area contributed by atoms with Gasteiger partial charge in [-0.15, -0.1) is 0 Å². The maximum Gasteiger partial charge on any atom is 0.268 e. The smallest absolute Gasteiger partial charge is 0.268 e. The van der Waals surface area contributed by atoms with E-state index in [9.17, 15) is 29.1 Å². The van der Waals surface area contributed by atoms with E-state index < -0.39 is 54.3 Å². The lowest BCUT2D eigenvalue weighted by molar-refractivity contribution is -0.137. The number of aliphatic hydroxyl groups excluding tert-OH is 1. The first-order valence-corrected chi connectivity index (χ1v) is 14.8. The minimum Gasteiger partial charge on any atom is -0.391 e. The average molecular weight is 627 g/mol. The molecule has 0 saturated heterocycles. The van der Waals surface area contributed by atoms with E-state index in [-0.39, 0.29) is 24.6 Å². The molecule has 1 heterocycles. The Morgan fingerprint density at radius 3 is 2.04 bits per heavy atom. The molecule has 0 bridgehead atoms. The van der Waals surface area contributed by atoms with Gasteiger partial charge in [0, 0.05) is 30.9 Å². The number of aromatic nitrogens is 1. The number of benzene rings is 3. The zero-order valence-electron chi connectivity index (χ0n) is 25.6. The molecule has 0 spiro atoms. The number of para-hydroxylation sites is 1. The van der Waals surface area contributed by atoms with Crippen molar-refractivity contribution in [2.45, 2.75) is 50.5 Å². The van der Waals surface area contributed by atoms with E-state index in [2.05, 4.69) is 20.9 Å². The maximum absolute atomic E-state index is 13.8. The van der Waals surface area contributed by atoms with Crippen molar-refractivity contribution in [2.75, 3.05) is 7.05 Å². The molecule has 4 rings (SSSR count). The van der Waals surface area contributed by atoms with Crippen LogP contribution in [0.5, 0.6) is 0 Å². The molecule has 4 atom stereocenters. The predicted molar refractivity (Wildman–Crippen MR) is 172 cm³/mol. The summed E-state index contributed by atoms with van der Waals surface area (Å²) in [6, 6.07) is 23.4. The van der Waals surface area contributed by atoms with Crippen molar-refractivity contribution in [2.24, 2.45) is 5.73 Å². The Morgan fingerprint density at radius 2 is 1.43 bits per heavy atom. The molecule has 4 aromatic rings. The number of aromatic amines is 1. The summed E-state index contributed by atoms with van der Waals surface area (Å²) in [6.07, 6.45) is -1.77. The van der Waals surface area contributed by atoms with E-state index in [4.69, 9.17) is 5.73 Å². The molecule has 3 aromatic carbocycles. The molecule has 0 unspecified atom stereocenters. The largest absolute Gasteiger partial charge is 0.391 e.